The Kier molecular flexibility index (Phi) is 5.21. The smallest absolute Gasteiger partial charge is 0.374 e. The summed E-state index contributed by atoms with van der Waals surface area (Å²) in [4.78, 5) is 24.3. The van der Waals surface area contributed by atoms with Crippen LogP contribution >= 0.6 is 0 Å². The fraction of sp³-hybridized carbons (Fsp3) is 0.350. The standard InChI is InChI=1S/C20H22N2O4/c1-4-25-20(24)18-13(3)17-15(6-5-7-16(17)26-18)21-22-19(23)14-10-8-12(2)9-11-14/h8-11H,4-7H2,1-3H3,(H,22,23)/b21-15+. The molecule has 1 heterocycles. The molecule has 0 unspecified atom stereocenters. The van der Waals surface area contributed by atoms with Crippen molar-refractivity contribution in [2.75, 3.05) is 6.61 Å². The van der Waals surface area contributed by atoms with Gasteiger partial charge >= 0.3 is 5.97 Å². The Balaban J connectivity index is 1.84. The van der Waals surface area contributed by atoms with Crippen molar-refractivity contribution in [2.45, 2.75) is 40.0 Å². The molecule has 2 aromatic rings. The van der Waals surface area contributed by atoms with Gasteiger partial charge < -0.3 is 9.15 Å². The van der Waals surface area contributed by atoms with Gasteiger partial charge in [-0.25, -0.2) is 10.2 Å². The average molecular weight is 354 g/mol. The highest BCUT2D eigenvalue weighted by atomic mass is 16.5. The molecule has 0 saturated carbocycles. The minimum absolute atomic E-state index is 0.219. The van der Waals surface area contributed by atoms with Gasteiger partial charge in [-0.15, -0.1) is 0 Å². The molecule has 1 amide bonds. The maximum absolute atomic E-state index is 12.3. The van der Waals surface area contributed by atoms with E-state index in [2.05, 4.69) is 10.5 Å². The number of nitrogens with one attached hydrogen (secondary N) is 1. The monoisotopic (exact) mass is 354 g/mol. The molecule has 136 valence electrons. The lowest BCUT2D eigenvalue weighted by Gasteiger charge is -2.13. The van der Waals surface area contributed by atoms with E-state index in [0.717, 1.165) is 35.4 Å². The highest BCUT2D eigenvalue weighted by Crippen LogP contribution is 2.30. The van der Waals surface area contributed by atoms with Gasteiger partial charge in [0.2, 0.25) is 5.76 Å². The van der Waals surface area contributed by atoms with Crippen molar-refractivity contribution in [3.63, 3.8) is 0 Å². The molecule has 1 aromatic heterocycles. The molecule has 6 heteroatoms. The zero-order valence-electron chi connectivity index (χ0n) is 15.2. The van der Waals surface area contributed by atoms with Crippen LogP contribution in [0.1, 0.15) is 63.1 Å². The molecule has 1 aliphatic rings. The van der Waals surface area contributed by atoms with Crippen LogP contribution in [0, 0.1) is 13.8 Å². The summed E-state index contributed by atoms with van der Waals surface area (Å²) in [6.07, 6.45) is 2.30. The second-order valence-electron chi connectivity index (χ2n) is 6.29. The van der Waals surface area contributed by atoms with E-state index >= 15 is 0 Å². The van der Waals surface area contributed by atoms with Gasteiger partial charge in [0, 0.05) is 23.1 Å². The number of nitrogens with zero attached hydrogens (tertiary/aromatic N) is 1. The third-order valence-corrected chi connectivity index (χ3v) is 4.39. The maximum Gasteiger partial charge on any atom is 0.374 e. The summed E-state index contributed by atoms with van der Waals surface area (Å²) in [6.45, 7) is 5.83. The first-order valence-corrected chi connectivity index (χ1v) is 8.74. The highest BCUT2D eigenvalue weighted by Gasteiger charge is 2.28. The molecular weight excluding hydrogens is 332 g/mol. The number of rotatable bonds is 4. The van der Waals surface area contributed by atoms with E-state index in [-0.39, 0.29) is 18.3 Å². The molecule has 3 rings (SSSR count). The van der Waals surface area contributed by atoms with E-state index in [1.165, 1.54) is 0 Å². The Hall–Kier alpha value is -2.89. The van der Waals surface area contributed by atoms with Gasteiger partial charge in [-0.2, -0.15) is 5.10 Å². The van der Waals surface area contributed by atoms with Crippen LogP contribution < -0.4 is 5.43 Å². The maximum atomic E-state index is 12.3. The molecule has 0 aliphatic heterocycles. The van der Waals surface area contributed by atoms with Gasteiger partial charge in [0.1, 0.15) is 5.76 Å². The first-order valence-electron chi connectivity index (χ1n) is 8.74. The first kappa shape index (κ1) is 17.9. The predicted octanol–water partition coefficient (Wildman–Crippen LogP) is 3.54. The number of esters is 1. The highest BCUT2D eigenvalue weighted by molar-refractivity contribution is 6.06. The Labute approximate surface area is 152 Å². The quantitative estimate of drug-likeness (QED) is 0.672. The van der Waals surface area contributed by atoms with Crippen molar-refractivity contribution in [1.82, 2.24) is 5.43 Å². The van der Waals surface area contributed by atoms with E-state index in [1.54, 1.807) is 19.1 Å². The van der Waals surface area contributed by atoms with E-state index < -0.39 is 5.97 Å². The van der Waals surface area contributed by atoms with Gasteiger partial charge in [-0.05, 0) is 45.7 Å². The van der Waals surface area contributed by atoms with Crippen LogP contribution in [-0.4, -0.2) is 24.2 Å². The van der Waals surface area contributed by atoms with Crippen LogP contribution in [-0.2, 0) is 11.2 Å². The fourth-order valence-electron chi connectivity index (χ4n) is 3.06. The van der Waals surface area contributed by atoms with E-state index in [4.69, 9.17) is 9.15 Å². The van der Waals surface area contributed by atoms with Crippen molar-refractivity contribution in [3.05, 3.63) is 58.0 Å². The van der Waals surface area contributed by atoms with Gasteiger partial charge in [0.15, 0.2) is 0 Å². The summed E-state index contributed by atoms with van der Waals surface area (Å²) < 4.78 is 10.8. The predicted molar refractivity (Wildman–Crippen MR) is 97.5 cm³/mol. The molecule has 0 atom stereocenters. The van der Waals surface area contributed by atoms with Crippen molar-refractivity contribution in [1.29, 1.82) is 0 Å². The van der Waals surface area contributed by atoms with Crippen LogP contribution in [0.4, 0.5) is 0 Å². The summed E-state index contributed by atoms with van der Waals surface area (Å²) in [5.41, 5.74) is 6.49. The van der Waals surface area contributed by atoms with Gasteiger partial charge in [-0.3, -0.25) is 4.79 Å². The number of aryl methyl sites for hydroxylation is 2. The first-order chi connectivity index (χ1) is 12.5. The lowest BCUT2D eigenvalue weighted by Crippen LogP contribution is -2.22. The summed E-state index contributed by atoms with van der Waals surface area (Å²) in [6, 6.07) is 7.29. The van der Waals surface area contributed by atoms with Crippen LogP contribution in [0.25, 0.3) is 0 Å². The number of hydrogen-bond acceptors (Lipinski definition) is 5. The van der Waals surface area contributed by atoms with Crippen LogP contribution in [0.5, 0.6) is 0 Å². The largest absolute Gasteiger partial charge is 0.460 e. The van der Waals surface area contributed by atoms with E-state index in [1.807, 2.05) is 26.0 Å². The van der Waals surface area contributed by atoms with E-state index in [9.17, 15) is 9.59 Å². The molecule has 1 aromatic carbocycles. The third kappa shape index (κ3) is 3.54. The minimum Gasteiger partial charge on any atom is -0.460 e. The second kappa shape index (κ2) is 7.56. The van der Waals surface area contributed by atoms with Crippen LogP contribution in [0.15, 0.2) is 33.8 Å². The zero-order valence-corrected chi connectivity index (χ0v) is 15.2. The second-order valence-corrected chi connectivity index (χ2v) is 6.29. The third-order valence-electron chi connectivity index (χ3n) is 4.39. The topological polar surface area (TPSA) is 80.9 Å². The molecule has 1 N–H and O–H groups in total. The van der Waals surface area contributed by atoms with Gasteiger partial charge in [-0.1, -0.05) is 17.7 Å². The summed E-state index contributed by atoms with van der Waals surface area (Å²) in [7, 11) is 0. The summed E-state index contributed by atoms with van der Waals surface area (Å²) >= 11 is 0. The number of carbonyl (C=O) groups excluding carboxylic acids is 2. The Morgan fingerprint density at radius 1 is 1.19 bits per heavy atom. The lowest BCUT2D eigenvalue weighted by molar-refractivity contribution is 0.0486. The molecule has 26 heavy (non-hydrogen) atoms. The van der Waals surface area contributed by atoms with Crippen molar-refractivity contribution < 1.29 is 18.7 Å². The van der Waals surface area contributed by atoms with Crippen molar-refractivity contribution in [2.24, 2.45) is 5.10 Å². The van der Waals surface area contributed by atoms with Gasteiger partial charge in [0.05, 0.1) is 12.3 Å². The molecule has 6 nitrogen and oxygen atoms in total. The number of fused-ring (bicyclic) bond motifs is 1. The van der Waals surface area contributed by atoms with Crippen LogP contribution in [0.2, 0.25) is 0 Å². The van der Waals surface area contributed by atoms with Crippen LogP contribution in [0.3, 0.4) is 0 Å². The molecule has 0 spiro atoms. The number of ether oxygens (including phenoxy) is 1. The normalized spacial score (nSPS) is 14.8. The molecule has 0 radical (unpaired) electrons. The molecule has 0 fully saturated rings. The SMILES string of the molecule is CCOC(=O)c1oc2c(c1C)/C(=N/NC(=O)c1ccc(C)cc1)CCC2. The fourth-order valence-corrected chi connectivity index (χ4v) is 3.06. The Bertz CT molecular complexity index is 863. The molecule has 0 bridgehead atoms. The number of benzene rings is 1. The Morgan fingerprint density at radius 2 is 1.92 bits per heavy atom. The van der Waals surface area contributed by atoms with E-state index in [0.29, 0.717) is 17.5 Å². The van der Waals surface area contributed by atoms with Crippen molar-refractivity contribution in [3.8, 4) is 0 Å². The van der Waals surface area contributed by atoms with Crippen molar-refractivity contribution >= 4 is 17.6 Å². The van der Waals surface area contributed by atoms with Gasteiger partial charge in [0.25, 0.3) is 5.91 Å². The molecule has 0 saturated heterocycles. The molecular formula is C20H22N2O4. The lowest BCUT2D eigenvalue weighted by atomic mass is 9.93. The minimum atomic E-state index is -0.470. The number of amides is 1. The number of hydrazone groups is 1. The number of hydrogen-bond donors (Lipinski definition) is 1. The molecule has 1 aliphatic carbocycles. The number of carbonyl (C=O) groups is 2. The number of furan rings is 1. The summed E-state index contributed by atoms with van der Waals surface area (Å²) in [5, 5.41) is 4.31. The Morgan fingerprint density at radius 3 is 2.62 bits per heavy atom. The average Bonchev–Trinajstić information content (AvgIpc) is 2.98. The zero-order chi connectivity index (χ0) is 18.7. The summed E-state index contributed by atoms with van der Waals surface area (Å²) in [5.74, 6) is 0.204.